The van der Waals surface area contributed by atoms with Crippen molar-refractivity contribution in [3.8, 4) is 0 Å². The second-order valence-corrected chi connectivity index (χ2v) is 12.9. The molecule has 3 atom stereocenters. The summed E-state index contributed by atoms with van der Waals surface area (Å²) in [5.41, 5.74) is 11.6. The third-order valence-electron chi connectivity index (χ3n) is 9.66. The van der Waals surface area contributed by atoms with E-state index in [9.17, 15) is 0 Å². The zero-order chi connectivity index (χ0) is 29.6. The van der Waals surface area contributed by atoms with Gasteiger partial charge in [0, 0.05) is 34.4 Å². The molecule has 0 saturated heterocycles. The topological polar surface area (TPSA) is 6.48 Å². The quantitative estimate of drug-likeness (QED) is 0.191. The summed E-state index contributed by atoms with van der Waals surface area (Å²) in [4.78, 5) is 4.94. The predicted molar refractivity (Wildman–Crippen MR) is 182 cm³/mol. The zero-order valence-corrected chi connectivity index (χ0v) is 25.6. The number of anilines is 5. The molecule has 0 amide bonds. The van der Waals surface area contributed by atoms with Crippen LogP contribution in [0.1, 0.15) is 48.4 Å². The van der Waals surface area contributed by atoms with Crippen LogP contribution in [0.2, 0.25) is 0 Å². The summed E-state index contributed by atoms with van der Waals surface area (Å²) in [6, 6.07) is 46.9. The predicted octanol–water partition coefficient (Wildman–Crippen LogP) is 10.9. The van der Waals surface area contributed by atoms with E-state index < -0.39 is 0 Å². The Bertz CT molecular complexity index is 1770. The fourth-order valence-electron chi connectivity index (χ4n) is 7.54. The number of allylic oxidation sites excluding steroid dienone is 1. The molecular formula is C41H40N2. The molecule has 0 heterocycles. The Morgan fingerprint density at radius 1 is 0.558 bits per heavy atom. The highest BCUT2D eigenvalue weighted by Gasteiger charge is 2.48. The molecule has 3 unspecified atom stereocenters. The Morgan fingerprint density at radius 3 is 1.81 bits per heavy atom. The Morgan fingerprint density at radius 2 is 1.14 bits per heavy atom. The van der Waals surface area contributed by atoms with Crippen molar-refractivity contribution < 1.29 is 0 Å². The minimum absolute atomic E-state index is 0.0307. The van der Waals surface area contributed by atoms with Crippen molar-refractivity contribution in [2.45, 2.75) is 51.5 Å². The van der Waals surface area contributed by atoms with Crippen molar-refractivity contribution in [3.05, 3.63) is 162 Å². The van der Waals surface area contributed by atoms with Crippen molar-refractivity contribution in [1.82, 2.24) is 0 Å². The molecule has 0 fully saturated rings. The minimum Gasteiger partial charge on any atom is -0.335 e. The molecule has 0 spiro atoms. The average Bonchev–Trinajstić information content (AvgIpc) is 3.24. The van der Waals surface area contributed by atoms with E-state index in [1.54, 1.807) is 0 Å². The van der Waals surface area contributed by atoms with Gasteiger partial charge in [-0.3, -0.25) is 0 Å². The van der Waals surface area contributed by atoms with E-state index in [2.05, 4.69) is 177 Å². The van der Waals surface area contributed by atoms with Gasteiger partial charge in [0.05, 0.1) is 6.04 Å². The minimum atomic E-state index is 0.0307. The molecule has 5 aromatic carbocycles. The van der Waals surface area contributed by atoms with E-state index >= 15 is 0 Å². The summed E-state index contributed by atoms with van der Waals surface area (Å²) in [7, 11) is 0. The van der Waals surface area contributed by atoms with Gasteiger partial charge in [-0.15, -0.1) is 0 Å². The maximum Gasteiger partial charge on any atom is 0.0525 e. The van der Waals surface area contributed by atoms with Gasteiger partial charge in [0.15, 0.2) is 0 Å². The SMILES string of the molecule is Cc1cccc(N(c2ccccc2)c2ccc3c(c2)C(C)(C)C2CC(N(c4ccccc4)c4cccc(C)c4)C=CC32)c1. The maximum atomic E-state index is 2.54. The number of fused-ring (bicyclic) bond motifs is 3. The van der Waals surface area contributed by atoms with Gasteiger partial charge in [-0.05, 0) is 115 Å². The van der Waals surface area contributed by atoms with Crippen molar-refractivity contribution in [1.29, 1.82) is 0 Å². The molecule has 43 heavy (non-hydrogen) atoms. The lowest BCUT2D eigenvalue weighted by molar-refractivity contribution is 0.288. The van der Waals surface area contributed by atoms with E-state index in [1.807, 2.05) is 0 Å². The van der Waals surface area contributed by atoms with Crippen LogP contribution < -0.4 is 9.80 Å². The first-order valence-electron chi connectivity index (χ1n) is 15.6. The first kappa shape index (κ1) is 27.3. The number of hydrogen-bond donors (Lipinski definition) is 0. The van der Waals surface area contributed by atoms with Gasteiger partial charge < -0.3 is 9.80 Å². The molecule has 0 radical (unpaired) electrons. The Hall–Kier alpha value is -4.56. The van der Waals surface area contributed by atoms with Crippen LogP contribution >= 0.6 is 0 Å². The number of benzene rings is 5. The van der Waals surface area contributed by atoms with Crippen LogP contribution in [0.5, 0.6) is 0 Å². The second kappa shape index (κ2) is 10.9. The molecule has 0 bridgehead atoms. The molecule has 0 saturated carbocycles. The Labute approximate surface area is 256 Å². The maximum absolute atomic E-state index is 2.54. The Balaban J connectivity index is 1.27. The number of hydrogen-bond acceptors (Lipinski definition) is 2. The van der Waals surface area contributed by atoms with Crippen molar-refractivity contribution in [3.63, 3.8) is 0 Å². The number of para-hydroxylation sites is 2. The molecule has 2 aliphatic carbocycles. The van der Waals surface area contributed by atoms with E-state index in [-0.39, 0.29) is 11.5 Å². The normalized spacial score (nSPS) is 19.9. The summed E-state index contributed by atoms with van der Waals surface area (Å²) in [5, 5.41) is 0. The first-order valence-corrected chi connectivity index (χ1v) is 15.6. The third kappa shape index (κ3) is 4.95. The summed E-state index contributed by atoms with van der Waals surface area (Å²) >= 11 is 0. The monoisotopic (exact) mass is 560 g/mol. The summed E-state index contributed by atoms with van der Waals surface area (Å²) < 4.78 is 0. The van der Waals surface area contributed by atoms with Crippen molar-refractivity contribution in [2.75, 3.05) is 9.80 Å². The van der Waals surface area contributed by atoms with Crippen LogP contribution in [0.4, 0.5) is 28.4 Å². The third-order valence-corrected chi connectivity index (χ3v) is 9.66. The average molecular weight is 561 g/mol. The molecule has 2 nitrogen and oxygen atoms in total. The van der Waals surface area contributed by atoms with Gasteiger partial charge in [-0.1, -0.05) is 92.7 Å². The van der Waals surface area contributed by atoms with Gasteiger partial charge >= 0.3 is 0 Å². The fraction of sp³-hybridized carbons (Fsp3) is 0.220. The van der Waals surface area contributed by atoms with Gasteiger partial charge in [0.1, 0.15) is 0 Å². The molecule has 7 rings (SSSR count). The molecular weight excluding hydrogens is 520 g/mol. The second-order valence-electron chi connectivity index (χ2n) is 12.9. The van der Waals surface area contributed by atoms with Crippen LogP contribution in [0.3, 0.4) is 0 Å². The van der Waals surface area contributed by atoms with Gasteiger partial charge in [0.2, 0.25) is 0 Å². The van der Waals surface area contributed by atoms with Crippen molar-refractivity contribution in [2.24, 2.45) is 5.92 Å². The molecule has 0 N–H and O–H groups in total. The lowest BCUT2D eigenvalue weighted by atomic mass is 9.70. The highest BCUT2D eigenvalue weighted by molar-refractivity contribution is 5.78. The van der Waals surface area contributed by atoms with Crippen LogP contribution in [0.15, 0.2) is 140 Å². The number of rotatable bonds is 6. The van der Waals surface area contributed by atoms with Crippen LogP contribution in [0.25, 0.3) is 0 Å². The molecule has 5 aromatic rings. The summed E-state index contributed by atoms with van der Waals surface area (Å²) in [6.45, 7) is 9.29. The highest BCUT2D eigenvalue weighted by atomic mass is 15.2. The van der Waals surface area contributed by atoms with Crippen molar-refractivity contribution >= 4 is 28.4 Å². The van der Waals surface area contributed by atoms with E-state index in [0.29, 0.717) is 11.8 Å². The smallest absolute Gasteiger partial charge is 0.0525 e. The first-order chi connectivity index (χ1) is 20.9. The molecule has 0 aromatic heterocycles. The largest absolute Gasteiger partial charge is 0.335 e. The molecule has 214 valence electrons. The highest BCUT2D eigenvalue weighted by Crippen LogP contribution is 2.56. The fourth-order valence-corrected chi connectivity index (χ4v) is 7.54. The number of nitrogens with zero attached hydrogens (tertiary/aromatic N) is 2. The lowest BCUT2D eigenvalue weighted by Gasteiger charge is -2.41. The van der Waals surface area contributed by atoms with E-state index in [0.717, 1.165) is 6.42 Å². The summed E-state index contributed by atoms with van der Waals surface area (Å²) in [6.07, 6.45) is 6.08. The molecule has 2 aliphatic rings. The van der Waals surface area contributed by atoms with Crippen LogP contribution in [-0.4, -0.2) is 6.04 Å². The molecule has 2 heteroatoms. The van der Waals surface area contributed by atoms with Gasteiger partial charge in [-0.2, -0.15) is 0 Å². The van der Waals surface area contributed by atoms with E-state index in [4.69, 9.17) is 0 Å². The zero-order valence-electron chi connectivity index (χ0n) is 25.6. The van der Waals surface area contributed by atoms with Crippen LogP contribution in [-0.2, 0) is 5.41 Å². The molecule has 0 aliphatic heterocycles. The van der Waals surface area contributed by atoms with E-state index in [1.165, 1.54) is 50.7 Å². The van der Waals surface area contributed by atoms with Crippen LogP contribution in [0, 0.1) is 19.8 Å². The Kier molecular flexibility index (Phi) is 6.94. The van der Waals surface area contributed by atoms with Gasteiger partial charge in [-0.25, -0.2) is 0 Å². The standard InChI is InChI=1S/C41H40N2/c1-29-13-11-19-33(25-29)42(31-15-7-5-8-16-31)35-21-23-37-38-24-22-36(28-40(38)41(3,4)39(37)27-35)43(32-17-9-6-10-18-32)34-20-12-14-30(2)26-34/h5-27,36,38,40H,28H2,1-4H3. The lowest BCUT2D eigenvalue weighted by Crippen LogP contribution is -2.38. The number of aryl methyl sites for hydroxylation is 2. The summed E-state index contributed by atoms with van der Waals surface area (Å²) in [5.74, 6) is 0.933. The van der Waals surface area contributed by atoms with Gasteiger partial charge in [0.25, 0.3) is 0 Å².